The Morgan fingerprint density at radius 2 is 2.00 bits per heavy atom. The fourth-order valence-electron chi connectivity index (χ4n) is 2.34. The van der Waals surface area contributed by atoms with Gasteiger partial charge in [0.25, 0.3) is 0 Å². The van der Waals surface area contributed by atoms with Gasteiger partial charge in [0.05, 0.1) is 19.1 Å². The Morgan fingerprint density at radius 1 is 1.30 bits per heavy atom. The first-order valence-corrected chi connectivity index (χ1v) is 7.86. The molecule has 0 spiro atoms. The summed E-state index contributed by atoms with van der Waals surface area (Å²) in [6.07, 6.45) is 6.61. The molecule has 5 heteroatoms. The van der Waals surface area contributed by atoms with Gasteiger partial charge in [0, 0.05) is 12.6 Å². The van der Waals surface area contributed by atoms with Crippen LogP contribution in [0.25, 0.3) is 0 Å². The minimum Gasteiger partial charge on any atom is -0.463 e. The van der Waals surface area contributed by atoms with Crippen molar-refractivity contribution in [3.05, 3.63) is 0 Å². The monoisotopic (exact) mass is 283 g/mol. The largest absolute Gasteiger partial charge is 0.463 e. The number of ether oxygens (including phenoxy) is 1. The Balaban J connectivity index is 2.35. The van der Waals surface area contributed by atoms with E-state index in [9.17, 15) is 4.79 Å². The molecule has 0 aromatic heterocycles. The number of nitrogens with one attached hydrogen (secondary N) is 2. The molecule has 1 saturated carbocycles. The molecule has 0 unspecified atom stereocenters. The Morgan fingerprint density at radius 3 is 2.60 bits per heavy atom. The molecule has 0 saturated heterocycles. The van der Waals surface area contributed by atoms with Crippen LogP contribution in [-0.4, -0.2) is 37.2 Å². The highest BCUT2D eigenvalue weighted by Gasteiger charge is 2.14. The highest BCUT2D eigenvalue weighted by atomic mass is 16.5. The van der Waals surface area contributed by atoms with Crippen molar-refractivity contribution >= 4 is 11.9 Å². The molecule has 5 nitrogen and oxygen atoms in total. The van der Waals surface area contributed by atoms with Crippen LogP contribution in [-0.2, 0) is 9.53 Å². The molecule has 0 aromatic rings. The van der Waals surface area contributed by atoms with Crippen molar-refractivity contribution in [3.63, 3.8) is 0 Å². The van der Waals surface area contributed by atoms with Gasteiger partial charge >= 0.3 is 5.97 Å². The van der Waals surface area contributed by atoms with Crippen LogP contribution >= 0.6 is 0 Å². The molecule has 1 rings (SSSR count). The molecule has 2 N–H and O–H groups in total. The van der Waals surface area contributed by atoms with E-state index in [0.717, 1.165) is 12.5 Å². The van der Waals surface area contributed by atoms with Crippen molar-refractivity contribution in [2.45, 2.75) is 71.4 Å². The van der Waals surface area contributed by atoms with E-state index in [0.29, 0.717) is 19.0 Å². The van der Waals surface area contributed by atoms with Crippen molar-refractivity contribution in [1.29, 1.82) is 0 Å². The first-order valence-electron chi connectivity index (χ1n) is 7.86. The minimum atomic E-state index is -0.183. The Bertz CT molecular complexity index is 310. The molecule has 0 radical (unpaired) electrons. The van der Waals surface area contributed by atoms with Crippen LogP contribution in [0.5, 0.6) is 0 Å². The summed E-state index contributed by atoms with van der Waals surface area (Å²) in [6, 6.07) is 0.518. The van der Waals surface area contributed by atoms with Gasteiger partial charge in [-0.25, -0.2) is 0 Å². The third kappa shape index (κ3) is 7.36. The molecular weight excluding hydrogens is 254 g/mol. The van der Waals surface area contributed by atoms with Crippen molar-refractivity contribution in [1.82, 2.24) is 10.6 Å². The molecule has 0 heterocycles. The molecular formula is C15H29N3O2. The summed E-state index contributed by atoms with van der Waals surface area (Å²) in [7, 11) is 0. The van der Waals surface area contributed by atoms with Gasteiger partial charge in [-0.15, -0.1) is 0 Å². The van der Waals surface area contributed by atoms with E-state index >= 15 is 0 Å². The molecule has 1 fully saturated rings. The van der Waals surface area contributed by atoms with Crippen LogP contribution < -0.4 is 10.6 Å². The number of hydrogen-bond donors (Lipinski definition) is 2. The van der Waals surface area contributed by atoms with Gasteiger partial charge in [0.1, 0.15) is 0 Å². The number of rotatable bonds is 6. The van der Waals surface area contributed by atoms with Gasteiger partial charge in [0.15, 0.2) is 5.96 Å². The quantitative estimate of drug-likeness (QED) is 0.446. The summed E-state index contributed by atoms with van der Waals surface area (Å²) < 4.78 is 5.09. The van der Waals surface area contributed by atoms with Crippen molar-refractivity contribution < 1.29 is 9.53 Å². The first-order chi connectivity index (χ1) is 9.61. The molecule has 20 heavy (non-hydrogen) atoms. The highest BCUT2D eigenvalue weighted by molar-refractivity contribution is 5.80. The fourth-order valence-corrected chi connectivity index (χ4v) is 2.34. The number of esters is 1. The van der Waals surface area contributed by atoms with Crippen molar-refractivity contribution in [3.8, 4) is 0 Å². The number of guanidine groups is 1. The molecule has 1 aliphatic carbocycles. The van der Waals surface area contributed by atoms with E-state index in [2.05, 4.69) is 15.6 Å². The molecule has 0 aliphatic heterocycles. The van der Waals surface area contributed by atoms with Gasteiger partial charge in [-0.1, -0.05) is 19.3 Å². The summed E-state index contributed by atoms with van der Waals surface area (Å²) in [5.74, 6) is 0.633. The fraction of sp³-hybridized carbons (Fsp3) is 0.867. The normalized spacial score (nSPS) is 17.1. The number of carbonyl (C=O) groups is 1. The van der Waals surface area contributed by atoms with E-state index in [1.54, 1.807) is 0 Å². The SMILES string of the molecule is CCNC(=NCCC(=O)OC(C)C)NC1CCCCC1. The maximum Gasteiger partial charge on any atom is 0.307 e. The summed E-state index contributed by atoms with van der Waals surface area (Å²) in [5.41, 5.74) is 0. The van der Waals surface area contributed by atoms with E-state index in [1.807, 2.05) is 20.8 Å². The number of nitrogens with zero attached hydrogens (tertiary/aromatic N) is 1. The van der Waals surface area contributed by atoms with Crippen LogP contribution in [0, 0.1) is 0 Å². The maximum absolute atomic E-state index is 11.5. The molecule has 116 valence electrons. The average Bonchev–Trinajstić information content (AvgIpc) is 2.39. The zero-order valence-electron chi connectivity index (χ0n) is 13.1. The molecule has 0 amide bonds. The number of hydrogen-bond acceptors (Lipinski definition) is 3. The second-order valence-electron chi connectivity index (χ2n) is 5.53. The Labute approximate surface area is 122 Å². The molecule has 0 atom stereocenters. The standard InChI is InChI=1S/C15H29N3O2/c1-4-16-15(18-13-8-6-5-7-9-13)17-11-10-14(19)20-12(2)3/h12-13H,4-11H2,1-3H3,(H2,16,17,18). The van der Waals surface area contributed by atoms with Crippen molar-refractivity contribution in [2.24, 2.45) is 4.99 Å². The third-order valence-corrected chi connectivity index (χ3v) is 3.24. The lowest BCUT2D eigenvalue weighted by molar-refractivity contribution is -0.147. The summed E-state index contributed by atoms with van der Waals surface area (Å²) >= 11 is 0. The smallest absolute Gasteiger partial charge is 0.307 e. The Kier molecular flexibility index (Phi) is 8.07. The summed E-state index contributed by atoms with van der Waals surface area (Å²) in [6.45, 7) is 7.05. The lowest BCUT2D eigenvalue weighted by Gasteiger charge is -2.24. The molecule has 1 aliphatic rings. The van der Waals surface area contributed by atoms with E-state index in [4.69, 9.17) is 4.74 Å². The maximum atomic E-state index is 11.5. The van der Waals surface area contributed by atoms with E-state index in [1.165, 1.54) is 32.1 Å². The van der Waals surface area contributed by atoms with Crippen LogP contribution in [0.4, 0.5) is 0 Å². The van der Waals surface area contributed by atoms with Gasteiger partial charge in [-0.2, -0.15) is 0 Å². The van der Waals surface area contributed by atoms with Crippen LogP contribution in [0.1, 0.15) is 59.3 Å². The zero-order valence-corrected chi connectivity index (χ0v) is 13.1. The predicted molar refractivity (Wildman–Crippen MR) is 81.8 cm³/mol. The topological polar surface area (TPSA) is 62.7 Å². The average molecular weight is 283 g/mol. The molecule has 0 bridgehead atoms. The Hall–Kier alpha value is -1.26. The van der Waals surface area contributed by atoms with E-state index < -0.39 is 0 Å². The zero-order chi connectivity index (χ0) is 14.8. The molecule has 0 aromatic carbocycles. The summed E-state index contributed by atoms with van der Waals surface area (Å²) in [5, 5.41) is 6.69. The van der Waals surface area contributed by atoms with Crippen LogP contribution in [0.2, 0.25) is 0 Å². The minimum absolute atomic E-state index is 0.0555. The lowest BCUT2D eigenvalue weighted by atomic mass is 9.96. The summed E-state index contributed by atoms with van der Waals surface area (Å²) in [4.78, 5) is 15.9. The van der Waals surface area contributed by atoms with Crippen LogP contribution in [0.15, 0.2) is 4.99 Å². The van der Waals surface area contributed by atoms with Gasteiger partial charge in [-0.3, -0.25) is 9.79 Å². The second-order valence-corrected chi connectivity index (χ2v) is 5.53. The number of carbonyl (C=O) groups excluding carboxylic acids is 1. The highest BCUT2D eigenvalue weighted by Crippen LogP contribution is 2.17. The van der Waals surface area contributed by atoms with Crippen LogP contribution in [0.3, 0.4) is 0 Å². The van der Waals surface area contributed by atoms with Crippen molar-refractivity contribution in [2.75, 3.05) is 13.1 Å². The lowest BCUT2D eigenvalue weighted by Crippen LogP contribution is -2.44. The van der Waals surface area contributed by atoms with Gasteiger partial charge < -0.3 is 15.4 Å². The van der Waals surface area contributed by atoms with E-state index in [-0.39, 0.29) is 12.1 Å². The van der Waals surface area contributed by atoms with Gasteiger partial charge in [0.2, 0.25) is 0 Å². The third-order valence-electron chi connectivity index (χ3n) is 3.24. The van der Waals surface area contributed by atoms with Gasteiger partial charge in [-0.05, 0) is 33.6 Å². The second kappa shape index (κ2) is 9.61. The first kappa shape index (κ1) is 16.8. The predicted octanol–water partition coefficient (Wildman–Crippen LogP) is 2.22. The number of aliphatic imine (C=N–C) groups is 1.